The Morgan fingerprint density at radius 1 is 0.829 bits per heavy atom. The summed E-state index contributed by atoms with van der Waals surface area (Å²) < 4.78 is 28.8. The van der Waals surface area contributed by atoms with Crippen LogP contribution in [0.25, 0.3) is 10.8 Å². The molecule has 4 aromatic carbocycles. The lowest BCUT2D eigenvalue weighted by Gasteiger charge is -2.26. The lowest BCUT2D eigenvalue weighted by Crippen LogP contribution is -2.32. The van der Waals surface area contributed by atoms with E-state index in [9.17, 15) is 28.5 Å². The standard InChI is InChI=1S/C32H36N2O6S/c1-5-16-34(41(39,40)28-20-27(21(2)3)29(35)31(37)30(28)36)26-14-13-23-18-25(12-11-24(23)19-26)32(38)33(4)17-15-22-9-7-6-8-10-22/h6-14,18-21,35-37H,5,15-17H2,1-4H3. The summed E-state index contributed by atoms with van der Waals surface area (Å²) in [6.07, 6.45) is 1.23. The van der Waals surface area contributed by atoms with Crippen LogP contribution in [-0.2, 0) is 16.4 Å². The number of likely N-dealkylation sites (N-methyl/N-ethyl adjacent to an activating group) is 1. The number of phenolic OH excluding ortho intramolecular Hbond substituents is 3. The molecule has 0 spiro atoms. The predicted molar refractivity (Wildman–Crippen MR) is 161 cm³/mol. The lowest BCUT2D eigenvalue weighted by atomic mass is 10.0. The fraction of sp³-hybridized carbons (Fsp3) is 0.281. The fourth-order valence-corrected chi connectivity index (χ4v) is 6.44. The number of sulfonamides is 1. The van der Waals surface area contributed by atoms with Gasteiger partial charge in [0.2, 0.25) is 5.75 Å². The predicted octanol–water partition coefficient (Wildman–Crippen LogP) is 6.00. The van der Waals surface area contributed by atoms with E-state index in [1.807, 2.05) is 37.3 Å². The van der Waals surface area contributed by atoms with Gasteiger partial charge in [-0.3, -0.25) is 9.10 Å². The lowest BCUT2D eigenvalue weighted by molar-refractivity contribution is 0.0796. The monoisotopic (exact) mass is 576 g/mol. The number of fused-ring (bicyclic) bond motifs is 1. The van der Waals surface area contributed by atoms with Crippen LogP contribution in [0.5, 0.6) is 17.2 Å². The third-order valence-corrected chi connectivity index (χ3v) is 8.98. The average Bonchev–Trinajstić information content (AvgIpc) is 2.96. The van der Waals surface area contributed by atoms with Gasteiger partial charge in [0.1, 0.15) is 4.90 Å². The fourth-order valence-electron chi connectivity index (χ4n) is 4.77. The molecule has 0 aromatic heterocycles. The molecule has 0 aliphatic heterocycles. The van der Waals surface area contributed by atoms with Gasteiger partial charge in [-0.2, -0.15) is 0 Å². The molecule has 4 rings (SSSR count). The summed E-state index contributed by atoms with van der Waals surface area (Å²) in [6, 6.07) is 21.6. The van der Waals surface area contributed by atoms with Gasteiger partial charge in [-0.1, -0.05) is 63.2 Å². The molecule has 3 N–H and O–H groups in total. The number of nitrogens with zero attached hydrogens (tertiary/aromatic N) is 2. The van der Waals surface area contributed by atoms with Gasteiger partial charge in [0, 0.05) is 31.3 Å². The molecule has 0 saturated heterocycles. The van der Waals surface area contributed by atoms with Crippen LogP contribution in [0.4, 0.5) is 5.69 Å². The van der Waals surface area contributed by atoms with Crippen LogP contribution in [-0.4, -0.2) is 54.7 Å². The zero-order valence-corrected chi connectivity index (χ0v) is 24.5. The second-order valence-corrected chi connectivity index (χ2v) is 12.3. The Kier molecular flexibility index (Phi) is 8.77. The highest BCUT2D eigenvalue weighted by atomic mass is 32.2. The Labute approximate surface area is 241 Å². The number of phenols is 3. The Balaban J connectivity index is 1.64. The average molecular weight is 577 g/mol. The van der Waals surface area contributed by atoms with Crippen molar-refractivity contribution in [1.82, 2.24) is 4.90 Å². The molecule has 0 saturated carbocycles. The number of anilines is 1. The summed E-state index contributed by atoms with van der Waals surface area (Å²) >= 11 is 0. The summed E-state index contributed by atoms with van der Waals surface area (Å²) in [6.45, 7) is 6.02. The first-order valence-electron chi connectivity index (χ1n) is 13.6. The zero-order chi connectivity index (χ0) is 29.9. The van der Waals surface area contributed by atoms with E-state index in [0.717, 1.165) is 22.8 Å². The van der Waals surface area contributed by atoms with Crippen molar-refractivity contribution in [1.29, 1.82) is 0 Å². The molecule has 0 atom stereocenters. The van der Waals surface area contributed by atoms with Crippen LogP contribution in [0.15, 0.2) is 77.7 Å². The largest absolute Gasteiger partial charge is 0.504 e. The second-order valence-electron chi connectivity index (χ2n) is 10.5. The van der Waals surface area contributed by atoms with Gasteiger partial charge < -0.3 is 20.2 Å². The zero-order valence-electron chi connectivity index (χ0n) is 23.7. The molecule has 8 nitrogen and oxygen atoms in total. The van der Waals surface area contributed by atoms with Gasteiger partial charge in [0.15, 0.2) is 11.5 Å². The molecule has 0 aliphatic carbocycles. The van der Waals surface area contributed by atoms with Crippen LogP contribution in [0.2, 0.25) is 0 Å². The first-order chi connectivity index (χ1) is 19.4. The van der Waals surface area contributed by atoms with E-state index in [-0.39, 0.29) is 23.9 Å². The smallest absolute Gasteiger partial charge is 0.268 e. The summed E-state index contributed by atoms with van der Waals surface area (Å²) in [5.41, 5.74) is 2.27. The molecular formula is C32H36N2O6S. The minimum absolute atomic E-state index is 0.106. The van der Waals surface area contributed by atoms with Crippen LogP contribution in [0.1, 0.15) is 54.6 Å². The number of carbonyl (C=O) groups excluding carboxylic acids is 1. The van der Waals surface area contributed by atoms with Gasteiger partial charge in [-0.15, -0.1) is 0 Å². The van der Waals surface area contributed by atoms with Crippen molar-refractivity contribution in [2.45, 2.75) is 44.4 Å². The Morgan fingerprint density at radius 2 is 1.49 bits per heavy atom. The topological polar surface area (TPSA) is 118 Å². The Hall–Kier alpha value is -4.24. The van der Waals surface area contributed by atoms with E-state index in [2.05, 4.69) is 0 Å². The summed E-state index contributed by atoms with van der Waals surface area (Å²) in [5, 5.41) is 32.6. The third-order valence-electron chi connectivity index (χ3n) is 7.14. The Morgan fingerprint density at radius 3 is 2.15 bits per heavy atom. The van der Waals surface area contributed by atoms with E-state index in [1.165, 1.54) is 10.4 Å². The van der Waals surface area contributed by atoms with Crippen molar-refractivity contribution >= 4 is 32.4 Å². The quantitative estimate of drug-likeness (QED) is 0.199. The normalized spacial score (nSPS) is 11.6. The molecule has 1 amide bonds. The van der Waals surface area contributed by atoms with Crippen molar-refractivity contribution in [3.63, 3.8) is 0 Å². The van der Waals surface area contributed by atoms with Crippen molar-refractivity contribution in [2.24, 2.45) is 0 Å². The molecule has 9 heteroatoms. The first-order valence-corrected chi connectivity index (χ1v) is 15.0. The summed E-state index contributed by atoms with van der Waals surface area (Å²) in [4.78, 5) is 14.3. The maximum absolute atomic E-state index is 13.8. The van der Waals surface area contributed by atoms with E-state index in [4.69, 9.17) is 0 Å². The minimum atomic E-state index is -4.32. The maximum atomic E-state index is 13.8. The molecule has 0 fully saturated rings. The number of hydrogen-bond acceptors (Lipinski definition) is 6. The highest BCUT2D eigenvalue weighted by Gasteiger charge is 2.32. The highest BCUT2D eigenvalue weighted by molar-refractivity contribution is 7.93. The Bertz CT molecular complexity index is 1670. The molecule has 4 aromatic rings. The minimum Gasteiger partial charge on any atom is -0.504 e. The van der Waals surface area contributed by atoms with Crippen LogP contribution < -0.4 is 4.31 Å². The number of rotatable bonds is 10. The van der Waals surface area contributed by atoms with Crippen LogP contribution in [0, 0.1) is 0 Å². The van der Waals surface area contributed by atoms with E-state index in [0.29, 0.717) is 24.2 Å². The van der Waals surface area contributed by atoms with E-state index < -0.39 is 32.2 Å². The van der Waals surface area contributed by atoms with E-state index >= 15 is 0 Å². The van der Waals surface area contributed by atoms with Gasteiger partial charge in [0.25, 0.3) is 15.9 Å². The van der Waals surface area contributed by atoms with Crippen LogP contribution in [0.3, 0.4) is 0 Å². The second kappa shape index (κ2) is 12.1. The molecule has 0 radical (unpaired) electrons. The van der Waals surface area contributed by atoms with Gasteiger partial charge in [0.05, 0.1) is 5.69 Å². The SMILES string of the molecule is CCCN(c1ccc2cc(C(=O)N(C)CCc3ccccc3)ccc2c1)S(=O)(=O)c1cc(C(C)C)c(O)c(O)c1O. The third kappa shape index (κ3) is 6.10. The van der Waals surface area contributed by atoms with Gasteiger partial charge in [-0.05, 0) is 65.4 Å². The number of carbonyl (C=O) groups is 1. The molecular weight excluding hydrogens is 540 g/mol. The number of aromatic hydroxyl groups is 3. The molecule has 41 heavy (non-hydrogen) atoms. The van der Waals surface area contributed by atoms with E-state index in [1.54, 1.807) is 62.2 Å². The first kappa shape index (κ1) is 29.7. The number of amides is 1. The van der Waals surface area contributed by atoms with Crippen molar-refractivity contribution in [3.8, 4) is 17.2 Å². The summed E-state index contributed by atoms with van der Waals surface area (Å²) in [5.74, 6) is -2.71. The molecule has 0 unspecified atom stereocenters. The molecule has 0 aliphatic rings. The van der Waals surface area contributed by atoms with Crippen LogP contribution >= 0.6 is 0 Å². The maximum Gasteiger partial charge on any atom is 0.268 e. The molecule has 0 bridgehead atoms. The van der Waals surface area contributed by atoms with Crippen molar-refractivity contribution < 1.29 is 28.5 Å². The molecule has 216 valence electrons. The summed E-state index contributed by atoms with van der Waals surface area (Å²) in [7, 11) is -2.55. The van der Waals surface area contributed by atoms with Crippen molar-refractivity contribution in [2.75, 3.05) is 24.4 Å². The number of benzene rings is 4. The molecule has 0 heterocycles. The van der Waals surface area contributed by atoms with Gasteiger partial charge >= 0.3 is 0 Å². The van der Waals surface area contributed by atoms with Crippen molar-refractivity contribution in [3.05, 3.63) is 89.5 Å². The highest BCUT2D eigenvalue weighted by Crippen LogP contribution is 2.46. The number of hydrogen-bond donors (Lipinski definition) is 3. The van der Waals surface area contributed by atoms with Gasteiger partial charge in [-0.25, -0.2) is 8.42 Å².